The number of carbonyl (C=O) groups excluding carboxylic acids is 1. The van der Waals surface area contributed by atoms with Crippen molar-refractivity contribution in [2.45, 2.75) is 30.0 Å². The molecule has 9 heteroatoms. The average Bonchev–Trinajstić information content (AvgIpc) is 3.20. The highest BCUT2D eigenvalue weighted by molar-refractivity contribution is 7.91. The van der Waals surface area contributed by atoms with Gasteiger partial charge in [-0.25, -0.2) is 8.42 Å². The Morgan fingerprint density at radius 3 is 3.00 bits per heavy atom. The third-order valence-electron chi connectivity index (χ3n) is 3.44. The molecule has 1 amide bonds. The topological polar surface area (TPSA) is 92.5 Å². The van der Waals surface area contributed by atoms with Gasteiger partial charge in [0.1, 0.15) is 16.0 Å². The van der Waals surface area contributed by atoms with Crippen molar-refractivity contribution in [2.24, 2.45) is 0 Å². The van der Waals surface area contributed by atoms with Crippen LogP contribution in [-0.2, 0) is 14.8 Å². The molecular formula is C13H15N3O4S2. The van der Waals surface area contributed by atoms with Gasteiger partial charge in [0.25, 0.3) is 10.0 Å². The minimum absolute atomic E-state index is 0.254. The van der Waals surface area contributed by atoms with Crippen molar-refractivity contribution < 1.29 is 17.7 Å². The first kappa shape index (κ1) is 15.2. The number of anilines is 1. The summed E-state index contributed by atoms with van der Waals surface area (Å²) in [6.07, 6.45) is 1.15. The number of thiophene rings is 1. The first-order valence-electron chi connectivity index (χ1n) is 6.78. The molecule has 2 aromatic rings. The molecule has 0 aliphatic carbocycles. The van der Waals surface area contributed by atoms with Crippen LogP contribution in [0.25, 0.3) is 0 Å². The van der Waals surface area contributed by atoms with Crippen molar-refractivity contribution in [3.05, 3.63) is 29.3 Å². The van der Waals surface area contributed by atoms with Crippen molar-refractivity contribution in [3.8, 4) is 0 Å². The molecule has 3 heterocycles. The highest BCUT2D eigenvalue weighted by Gasteiger charge is 2.40. The van der Waals surface area contributed by atoms with E-state index in [1.165, 1.54) is 4.31 Å². The summed E-state index contributed by atoms with van der Waals surface area (Å²) in [5, 5.41) is 8.00. The van der Waals surface area contributed by atoms with Crippen molar-refractivity contribution in [1.29, 1.82) is 0 Å². The SMILES string of the molecule is Cc1cc(NC(=O)[C@H]2CCCN2S(=O)(=O)c2cccs2)no1. The monoisotopic (exact) mass is 341 g/mol. The van der Waals surface area contributed by atoms with Crippen LogP contribution in [0.4, 0.5) is 5.82 Å². The molecule has 0 bridgehead atoms. The Morgan fingerprint density at radius 1 is 1.55 bits per heavy atom. The van der Waals surface area contributed by atoms with Gasteiger partial charge >= 0.3 is 0 Å². The molecule has 1 aliphatic heterocycles. The molecule has 2 aromatic heterocycles. The number of hydrogen-bond donors (Lipinski definition) is 1. The van der Waals surface area contributed by atoms with Gasteiger partial charge in [-0.3, -0.25) is 4.79 Å². The second-order valence-corrected chi connectivity index (χ2v) is 8.08. The first-order chi connectivity index (χ1) is 10.5. The zero-order chi connectivity index (χ0) is 15.7. The molecule has 22 heavy (non-hydrogen) atoms. The second-order valence-electron chi connectivity index (χ2n) is 5.02. The normalized spacial score (nSPS) is 19.4. The fraction of sp³-hybridized carbons (Fsp3) is 0.385. The maximum atomic E-state index is 12.6. The van der Waals surface area contributed by atoms with Crippen molar-refractivity contribution >= 4 is 33.1 Å². The molecular weight excluding hydrogens is 326 g/mol. The van der Waals surface area contributed by atoms with Gasteiger partial charge in [0.15, 0.2) is 5.82 Å². The molecule has 0 spiro atoms. The number of carbonyl (C=O) groups is 1. The Hall–Kier alpha value is -1.71. The summed E-state index contributed by atoms with van der Waals surface area (Å²) in [4.78, 5) is 12.4. The van der Waals surface area contributed by atoms with Crippen LogP contribution in [0.3, 0.4) is 0 Å². The maximum absolute atomic E-state index is 12.6. The lowest BCUT2D eigenvalue weighted by atomic mass is 10.2. The Kier molecular flexibility index (Phi) is 4.02. The molecule has 0 saturated carbocycles. The van der Waals surface area contributed by atoms with Crippen LogP contribution in [0.2, 0.25) is 0 Å². The van der Waals surface area contributed by atoms with E-state index in [0.717, 1.165) is 11.3 Å². The van der Waals surface area contributed by atoms with Crippen LogP contribution >= 0.6 is 11.3 Å². The van der Waals surface area contributed by atoms with E-state index < -0.39 is 16.1 Å². The van der Waals surface area contributed by atoms with Crippen LogP contribution in [0, 0.1) is 6.92 Å². The van der Waals surface area contributed by atoms with Gasteiger partial charge in [-0.1, -0.05) is 11.2 Å². The number of aromatic nitrogens is 1. The van der Waals surface area contributed by atoms with E-state index in [2.05, 4.69) is 10.5 Å². The van der Waals surface area contributed by atoms with E-state index in [1.54, 1.807) is 30.5 Å². The molecule has 0 radical (unpaired) electrons. The van der Waals surface area contributed by atoms with E-state index in [-0.39, 0.29) is 10.1 Å². The molecule has 1 atom stereocenters. The Labute approximate surface area is 132 Å². The third kappa shape index (κ3) is 2.79. The molecule has 1 saturated heterocycles. The zero-order valence-electron chi connectivity index (χ0n) is 11.9. The largest absolute Gasteiger partial charge is 0.360 e. The quantitative estimate of drug-likeness (QED) is 0.916. The van der Waals surface area contributed by atoms with Crippen molar-refractivity contribution in [1.82, 2.24) is 9.46 Å². The predicted octanol–water partition coefficient (Wildman–Crippen LogP) is 1.84. The van der Waals surface area contributed by atoms with Crippen LogP contribution in [0.5, 0.6) is 0 Å². The first-order valence-corrected chi connectivity index (χ1v) is 9.10. The highest BCUT2D eigenvalue weighted by atomic mass is 32.2. The van der Waals surface area contributed by atoms with Crippen LogP contribution < -0.4 is 5.32 Å². The summed E-state index contributed by atoms with van der Waals surface area (Å²) < 4.78 is 31.6. The predicted molar refractivity (Wildman–Crippen MR) is 81.1 cm³/mol. The number of aryl methyl sites for hydroxylation is 1. The van der Waals surface area contributed by atoms with Gasteiger partial charge < -0.3 is 9.84 Å². The van der Waals surface area contributed by atoms with E-state index in [1.807, 2.05) is 0 Å². The molecule has 1 fully saturated rings. The third-order valence-corrected chi connectivity index (χ3v) is 6.72. The number of nitrogens with one attached hydrogen (secondary N) is 1. The van der Waals surface area contributed by atoms with Crippen LogP contribution in [-0.4, -0.2) is 36.4 Å². The molecule has 3 rings (SSSR count). The van der Waals surface area contributed by atoms with Gasteiger partial charge in [0.05, 0.1) is 0 Å². The second kappa shape index (κ2) is 5.82. The minimum Gasteiger partial charge on any atom is -0.360 e. The Morgan fingerprint density at radius 2 is 2.36 bits per heavy atom. The number of hydrogen-bond acceptors (Lipinski definition) is 6. The summed E-state index contributed by atoms with van der Waals surface area (Å²) in [7, 11) is -3.63. The average molecular weight is 341 g/mol. The fourth-order valence-corrected chi connectivity index (χ4v) is 5.23. The Balaban J connectivity index is 1.80. The van der Waals surface area contributed by atoms with E-state index in [0.29, 0.717) is 31.0 Å². The Bertz CT molecular complexity index is 767. The number of rotatable bonds is 4. The van der Waals surface area contributed by atoms with Crippen molar-refractivity contribution in [2.75, 3.05) is 11.9 Å². The smallest absolute Gasteiger partial charge is 0.253 e. The number of sulfonamides is 1. The van der Waals surface area contributed by atoms with Crippen molar-refractivity contribution in [3.63, 3.8) is 0 Å². The minimum atomic E-state index is -3.63. The summed E-state index contributed by atoms with van der Waals surface area (Å²) in [5.41, 5.74) is 0. The summed E-state index contributed by atoms with van der Waals surface area (Å²) in [6.45, 7) is 2.06. The highest BCUT2D eigenvalue weighted by Crippen LogP contribution is 2.29. The van der Waals surface area contributed by atoms with E-state index in [9.17, 15) is 13.2 Å². The van der Waals surface area contributed by atoms with E-state index in [4.69, 9.17) is 4.52 Å². The summed E-state index contributed by atoms with van der Waals surface area (Å²) >= 11 is 1.15. The maximum Gasteiger partial charge on any atom is 0.253 e. The molecule has 0 unspecified atom stereocenters. The van der Waals surface area contributed by atoms with Crippen LogP contribution in [0.1, 0.15) is 18.6 Å². The zero-order valence-corrected chi connectivity index (χ0v) is 13.5. The van der Waals surface area contributed by atoms with Gasteiger partial charge in [0, 0.05) is 12.6 Å². The van der Waals surface area contributed by atoms with Gasteiger partial charge in [-0.05, 0) is 31.2 Å². The number of nitrogens with zero attached hydrogens (tertiary/aromatic N) is 2. The van der Waals surface area contributed by atoms with Gasteiger partial charge in [0.2, 0.25) is 5.91 Å². The molecule has 118 valence electrons. The van der Waals surface area contributed by atoms with E-state index >= 15 is 0 Å². The van der Waals surface area contributed by atoms with Gasteiger partial charge in [-0.15, -0.1) is 11.3 Å². The summed E-state index contributed by atoms with van der Waals surface area (Å²) in [6, 6.07) is 4.10. The molecule has 1 aliphatic rings. The lowest BCUT2D eigenvalue weighted by Crippen LogP contribution is -2.42. The lowest BCUT2D eigenvalue weighted by Gasteiger charge is -2.22. The number of amides is 1. The van der Waals surface area contributed by atoms with Crippen LogP contribution in [0.15, 0.2) is 32.3 Å². The van der Waals surface area contributed by atoms with Gasteiger partial charge in [-0.2, -0.15) is 4.31 Å². The molecule has 1 N–H and O–H groups in total. The fourth-order valence-electron chi connectivity index (χ4n) is 2.45. The standard InChI is InChI=1S/C13H15N3O4S2/c1-9-8-11(15-20-9)14-13(17)10-4-2-6-16(10)22(18,19)12-5-3-7-21-12/h3,5,7-8,10H,2,4,6H2,1H3,(H,14,15,17)/t10-/m1/s1. The molecule has 0 aromatic carbocycles. The molecule has 7 nitrogen and oxygen atoms in total. The summed E-state index contributed by atoms with van der Waals surface area (Å²) in [5.74, 6) is 0.485. The lowest BCUT2D eigenvalue weighted by molar-refractivity contribution is -0.119.